The number of piperazine rings is 1. The van der Waals surface area contributed by atoms with Crippen molar-refractivity contribution in [2.24, 2.45) is 0 Å². The lowest BCUT2D eigenvalue weighted by molar-refractivity contribution is 0.0413. The van der Waals surface area contributed by atoms with Gasteiger partial charge in [-0.05, 0) is 49.2 Å². The van der Waals surface area contributed by atoms with Crippen LogP contribution in [0.25, 0.3) is 22.2 Å². The summed E-state index contributed by atoms with van der Waals surface area (Å²) in [5.74, 6) is 0.135. The summed E-state index contributed by atoms with van der Waals surface area (Å²) in [5, 5.41) is 9.99. The number of carbonyl (C=O) groups is 2. The van der Waals surface area contributed by atoms with E-state index in [1.54, 1.807) is 12.1 Å². The minimum absolute atomic E-state index is 0.0245. The first-order valence-electron chi connectivity index (χ1n) is 13.9. The zero-order valence-corrected chi connectivity index (χ0v) is 22.4. The van der Waals surface area contributed by atoms with Gasteiger partial charge in [0.2, 0.25) is 0 Å². The first-order chi connectivity index (χ1) is 19.6. The second-order valence-electron chi connectivity index (χ2n) is 10.5. The molecule has 0 atom stereocenters. The number of fused-ring (bicyclic) bond motifs is 1. The molecule has 1 aromatic heterocycles. The molecule has 2 fully saturated rings. The highest BCUT2D eigenvalue weighted by atomic mass is 16.2. The molecule has 7 heteroatoms. The number of para-hydroxylation sites is 1. The number of rotatable bonds is 4. The Morgan fingerprint density at radius 2 is 1.40 bits per heavy atom. The van der Waals surface area contributed by atoms with Gasteiger partial charge in [-0.25, -0.2) is 4.98 Å². The standard InChI is InChI=1S/C33H31N5O2/c34-23-24-10-12-25(13-11-24)31-22-29(28-8-4-5-9-30(28)35-31)33(40)38-20-18-36(19-21-38)27-14-16-37(17-15-27)32(39)26-6-2-1-3-7-26/h1-13,22,27H,14-21H2. The summed E-state index contributed by atoms with van der Waals surface area (Å²) in [6.45, 7) is 4.52. The van der Waals surface area contributed by atoms with Crippen molar-refractivity contribution in [3.05, 3.63) is 102 Å². The number of nitriles is 1. The number of likely N-dealkylation sites (tertiary alicyclic amines) is 1. The molecule has 0 bridgehead atoms. The first kappa shape index (κ1) is 25.7. The van der Waals surface area contributed by atoms with Gasteiger partial charge in [0, 0.05) is 61.8 Å². The van der Waals surface area contributed by atoms with Crippen molar-refractivity contribution in [2.75, 3.05) is 39.3 Å². The highest BCUT2D eigenvalue weighted by Crippen LogP contribution is 2.27. The van der Waals surface area contributed by atoms with Crippen LogP contribution in [0.5, 0.6) is 0 Å². The van der Waals surface area contributed by atoms with E-state index in [1.807, 2.05) is 82.6 Å². The summed E-state index contributed by atoms with van der Waals surface area (Å²) < 4.78 is 0. The van der Waals surface area contributed by atoms with Crippen LogP contribution in [-0.2, 0) is 0 Å². The molecule has 2 aliphatic rings. The van der Waals surface area contributed by atoms with Gasteiger partial charge in [0.1, 0.15) is 0 Å². The highest BCUT2D eigenvalue weighted by Gasteiger charge is 2.31. The van der Waals surface area contributed by atoms with Gasteiger partial charge < -0.3 is 9.80 Å². The molecule has 0 spiro atoms. The summed E-state index contributed by atoms with van der Waals surface area (Å²) in [7, 11) is 0. The van der Waals surface area contributed by atoms with Gasteiger partial charge in [0.15, 0.2) is 0 Å². The highest BCUT2D eigenvalue weighted by molar-refractivity contribution is 6.07. The third-order valence-electron chi connectivity index (χ3n) is 8.15. The lowest BCUT2D eigenvalue weighted by atomic mass is 10.0. The molecule has 200 valence electrons. The third kappa shape index (κ3) is 5.18. The number of hydrogen-bond acceptors (Lipinski definition) is 5. The second kappa shape index (κ2) is 11.3. The lowest BCUT2D eigenvalue weighted by Gasteiger charge is -2.42. The molecule has 40 heavy (non-hydrogen) atoms. The average molecular weight is 530 g/mol. The average Bonchev–Trinajstić information content (AvgIpc) is 3.04. The quantitative estimate of drug-likeness (QED) is 0.378. The lowest BCUT2D eigenvalue weighted by Crippen LogP contribution is -2.54. The molecule has 6 rings (SSSR count). The number of amides is 2. The van der Waals surface area contributed by atoms with Gasteiger partial charge >= 0.3 is 0 Å². The number of aromatic nitrogens is 1. The zero-order valence-electron chi connectivity index (χ0n) is 22.4. The van der Waals surface area contributed by atoms with E-state index in [4.69, 9.17) is 10.2 Å². The Morgan fingerprint density at radius 1 is 0.750 bits per heavy atom. The van der Waals surface area contributed by atoms with Crippen molar-refractivity contribution in [1.82, 2.24) is 19.7 Å². The fourth-order valence-electron chi connectivity index (χ4n) is 5.87. The predicted octanol–water partition coefficient (Wildman–Crippen LogP) is 4.84. The number of hydrogen-bond donors (Lipinski definition) is 0. The predicted molar refractivity (Wildman–Crippen MR) is 155 cm³/mol. The minimum atomic E-state index is 0.0245. The molecular formula is C33H31N5O2. The largest absolute Gasteiger partial charge is 0.339 e. The van der Waals surface area contributed by atoms with Crippen molar-refractivity contribution >= 4 is 22.7 Å². The maximum Gasteiger partial charge on any atom is 0.254 e. The number of nitrogens with zero attached hydrogens (tertiary/aromatic N) is 5. The Labute approximate surface area is 234 Å². The van der Waals surface area contributed by atoms with E-state index in [0.29, 0.717) is 30.3 Å². The van der Waals surface area contributed by atoms with E-state index in [-0.39, 0.29) is 11.8 Å². The van der Waals surface area contributed by atoms with Crippen LogP contribution >= 0.6 is 0 Å². The van der Waals surface area contributed by atoms with E-state index in [2.05, 4.69) is 11.0 Å². The second-order valence-corrected chi connectivity index (χ2v) is 10.5. The van der Waals surface area contributed by atoms with Crippen molar-refractivity contribution in [1.29, 1.82) is 5.26 Å². The topological polar surface area (TPSA) is 80.5 Å². The van der Waals surface area contributed by atoms with Crippen LogP contribution in [0.4, 0.5) is 0 Å². The zero-order chi connectivity index (χ0) is 27.5. The monoisotopic (exact) mass is 529 g/mol. The van der Waals surface area contributed by atoms with Crippen LogP contribution < -0.4 is 0 Å². The van der Waals surface area contributed by atoms with Gasteiger partial charge in [0.05, 0.1) is 28.4 Å². The van der Waals surface area contributed by atoms with Crippen molar-refractivity contribution in [2.45, 2.75) is 18.9 Å². The van der Waals surface area contributed by atoms with Gasteiger partial charge in [-0.2, -0.15) is 5.26 Å². The molecule has 7 nitrogen and oxygen atoms in total. The van der Waals surface area contributed by atoms with Crippen molar-refractivity contribution < 1.29 is 9.59 Å². The Balaban J connectivity index is 1.12. The van der Waals surface area contributed by atoms with Crippen LogP contribution in [-0.4, -0.2) is 76.8 Å². The molecule has 2 aliphatic heterocycles. The van der Waals surface area contributed by atoms with Gasteiger partial charge in [-0.15, -0.1) is 0 Å². The van der Waals surface area contributed by atoms with Crippen molar-refractivity contribution in [3.8, 4) is 17.3 Å². The summed E-state index contributed by atoms with van der Waals surface area (Å²) in [4.78, 5) is 37.9. The minimum Gasteiger partial charge on any atom is -0.339 e. The van der Waals surface area contributed by atoms with Gasteiger partial charge in [-0.3, -0.25) is 14.5 Å². The van der Waals surface area contributed by atoms with Crippen LogP contribution in [0.3, 0.4) is 0 Å². The molecule has 2 amide bonds. The first-order valence-corrected chi connectivity index (χ1v) is 13.9. The molecule has 0 N–H and O–H groups in total. The molecule has 0 unspecified atom stereocenters. The fourth-order valence-corrected chi connectivity index (χ4v) is 5.87. The van der Waals surface area contributed by atoms with E-state index < -0.39 is 0 Å². The maximum atomic E-state index is 13.8. The number of piperidine rings is 1. The third-order valence-corrected chi connectivity index (χ3v) is 8.15. The molecule has 0 aliphatic carbocycles. The summed E-state index contributed by atoms with van der Waals surface area (Å²) >= 11 is 0. The molecule has 2 saturated heterocycles. The number of benzene rings is 3. The maximum absolute atomic E-state index is 13.8. The summed E-state index contributed by atoms with van der Waals surface area (Å²) in [5.41, 5.74) is 4.38. The van der Waals surface area contributed by atoms with Crippen LogP contribution in [0, 0.1) is 11.3 Å². The Morgan fingerprint density at radius 3 is 2.10 bits per heavy atom. The smallest absolute Gasteiger partial charge is 0.254 e. The van der Waals surface area contributed by atoms with Gasteiger partial charge in [0.25, 0.3) is 11.8 Å². The van der Waals surface area contributed by atoms with Crippen molar-refractivity contribution in [3.63, 3.8) is 0 Å². The molecular weight excluding hydrogens is 498 g/mol. The van der Waals surface area contributed by atoms with Gasteiger partial charge in [-0.1, -0.05) is 48.5 Å². The summed E-state index contributed by atoms with van der Waals surface area (Å²) in [6, 6.07) is 29.0. The van der Waals surface area contributed by atoms with E-state index >= 15 is 0 Å². The van der Waals surface area contributed by atoms with E-state index in [9.17, 15) is 9.59 Å². The van der Waals surface area contributed by atoms with Crippen LogP contribution in [0.15, 0.2) is 84.9 Å². The molecule has 3 heterocycles. The van der Waals surface area contributed by atoms with E-state index in [1.165, 1.54) is 0 Å². The molecule has 4 aromatic rings. The Bertz CT molecular complexity index is 1560. The molecule has 0 saturated carbocycles. The Hall–Kier alpha value is -4.54. The summed E-state index contributed by atoms with van der Waals surface area (Å²) in [6.07, 6.45) is 1.91. The van der Waals surface area contributed by atoms with Crippen LogP contribution in [0.1, 0.15) is 39.1 Å². The SMILES string of the molecule is N#Cc1ccc(-c2cc(C(=O)N3CCN(C4CCN(C(=O)c5ccccc5)CC4)CC3)c3ccccc3n2)cc1. The van der Waals surface area contributed by atoms with Crippen LogP contribution in [0.2, 0.25) is 0 Å². The Kier molecular flexibility index (Phi) is 7.26. The van der Waals surface area contributed by atoms with E-state index in [0.717, 1.165) is 66.7 Å². The molecule has 3 aromatic carbocycles. The normalized spacial score (nSPS) is 16.6. The molecule has 0 radical (unpaired) electrons. The fraction of sp³-hybridized carbons (Fsp3) is 0.273. The number of carbonyl (C=O) groups excluding carboxylic acids is 2. The number of pyridine rings is 1.